The lowest BCUT2D eigenvalue weighted by atomic mass is 10.3. The smallest absolute Gasteiger partial charge is 0.194 e. The van der Waals surface area contributed by atoms with Crippen molar-refractivity contribution in [2.24, 2.45) is 0 Å². The molecule has 0 bridgehead atoms. The number of thiazole rings is 1. The number of hydrogen-bond donors (Lipinski definition) is 1. The van der Waals surface area contributed by atoms with E-state index in [9.17, 15) is 0 Å². The predicted octanol–water partition coefficient (Wildman–Crippen LogP) is 2.14. The Morgan fingerprint density at radius 1 is 1.47 bits per heavy atom. The molecule has 1 N–H and O–H groups in total. The van der Waals surface area contributed by atoms with Gasteiger partial charge < -0.3 is 10.1 Å². The van der Waals surface area contributed by atoms with Crippen molar-refractivity contribution in [2.45, 2.75) is 27.3 Å². The summed E-state index contributed by atoms with van der Waals surface area (Å²) in [4.78, 5) is 5.64. The molecule has 0 aliphatic heterocycles. The van der Waals surface area contributed by atoms with Gasteiger partial charge in [-0.3, -0.25) is 4.40 Å². The zero-order valence-electron chi connectivity index (χ0n) is 10.6. The number of aryl methyl sites for hydroxylation is 2. The standard InChI is InChI=1S/C12H19N3OS/c1-4-16-6-5-13-7-11-10(3)14-12-15(11)9(2)8-17-12/h8,13H,4-7H2,1-3H3. The van der Waals surface area contributed by atoms with Crippen LogP contribution in [0.5, 0.6) is 0 Å². The quantitative estimate of drug-likeness (QED) is 0.802. The summed E-state index contributed by atoms with van der Waals surface area (Å²) in [7, 11) is 0. The van der Waals surface area contributed by atoms with E-state index in [1.54, 1.807) is 11.3 Å². The zero-order valence-corrected chi connectivity index (χ0v) is 11.4. The summed E-state index contributed by atoms with van der Waals surface area (Å²) < 4.78 is 7.53. The fraction of sp³-hybridized carbons (Fsp3) is 0.583. The van der Waals surface area contributed by atoms with Gasteiger partial charge in [0.05, 0.1) is 18.0 Å². The van der Waals surface area contributed by atoms with E-state index in [-0.39, 0.29) is 0 Å². The zero-order chi connectivity index (χ0) is 12.3. The Bertz CT molecular complexity index is 489. The molecule has 2 heterocycles. The molecule has 0 unspecified atom stereocenters. The topological polar surface area (TPSA) is 38.6 Å². The largest absolute Gasteiger partial charge is 0.380 e. The monoisotopic (exact) mass is 253 g/mol. The average molecular weight is 253 g/mol. The van der Waals surface area contributed by atoms with Gasteiger partial charge in [-0.15, -0.1) is 11.3 Å². The average Bonchev–Trinajstić information content (AvgIpc) is 2.80. The predicted molar refractivity (Wildman–Crippen MR) is 70.7 cm³/mol. The van der Waals surface area contributed by atoms with Gasteiger partial charge in [-0.05, 0) is 20.8 Å². The summed E-state index contributed by atoms with van der Waals surface area (Å²) in [6.07, 6.45) is 0. The molecule has 0 amide bonds. The van der Waals surface area contributed by atoms with E-state index in [4.69, 9.17) is 4.74 Å². The van der Waals surface area contributed by atoms with Crippen molar-refractivity contribution in [3.8, 4) is 0 Å². The van der Waals surface area contributed by atoms with Crippen LogP contribution in [0.15, 0.2) is 5.38 Å². The van der Waals surface area contributed by atoms with Crippen molar-refractivity contribution in [2.75, 3.05) is 19.8 Å². The number of nitrogens with one attached hydrogen (secondary N) is 1. The number of imidazole rings is 1. The number of ether oxygens (including phenoxy) is 1. The number of nitrogens with zero attached hydrogens (tertiary/aromatic N) is 2. The molecule has 2 aromatic heterocycles. The highest BCUT2D eigenvalue weighted by molar-refractivity contribution is 7.15. The second-order valence-corrected chi connectivity index (χ2v) is 4.85. The molecule has 0 atom stereocenters. The van der Waals surface area contributed by atoms with Crippen molar-refractivity contribution in [3.05, 3.63) is 22.5 Å². The molecule has 2 rings (SSSR count). The molecule has 0 saturated carbocycles. The van der Waals surface area contributed by atoms with E-state index in [0.717, 1.165) is 37.0 Å². The van der Waals surface area contributed by atoms with Gasteiger partial charge >= 0.3 is 0 Å². The van der Waals surface area contributed by atoms with E-state index in [1.807, 2.05) is 6.92 Å². The van der Waals surface area contributed by atoms with Crippen LogP contribution in [0.3, 0.4) is 0 Å². The summed E-state index contributed by atoms with van der Waals surface area (Å²) in [5.74, 6) is 0. The Kier molecular flexibility index (Phi) is 4.15. The summed E-state index contributed by atoms with van der Waals surface area (Å²) in [6, 6.07) is 0. The van der Waals surface area contributed by atoms with Crippen LogP contribution in [0.1, 0.15) is 24.0 Å². The van der Waals surface area contributed by atoms with Gasteiger partial charge in [0, 0.05) is 30.8 Å². The van der Waals surface area contributed by atoms with E-state index in [2.05, 4.69) is 33.9 Å². The summed E-state index contributed by atoms with van der Waals surface area (Å²) in [6.45, 7) is 9.47. The van der Waals surface area contributed by atoms with E-state index in [1.165, 1.54) is 11.4 Å². The van der Waals surface area contributed by atoms with Crippen LogP contribution in [0, 0.1) is 13.8 Å². The van der Waals surface area contributed by atoms with E-state index < -0.39 is 0 Å². The highest BCUT2D eigenvalue weighted by Crippen LogP contribution is 2.20. The highest BCUT2D eigenvalue weighted by Gasteiger charge is 2.11. The highest BCUT2D eigenvalue weighted by atomic mass is 32.1. The third kappa shape index (κ3) is 2.68. The maximum Gasteiger partial charge on any atom is 0.194 e. The van der Waals surface area contributed by atoms with Crippen LogP contribution in [0.25, 0.3) is 4.96 Å². The third-order valence-electron chi connectivity index (χ3n) is 2.75. The fourth-order valence-electron chi connectivity index (χ4n) is 1.87. The van der Waals surface area contributed by atoms with Crippen LogP contribution in [-0.2, 0) is 11.3 Å². The molecular weight excluding hydrogens is 234 g/mol. The maximum atomic E-state index is 5.30. The lowest BCUT2D eigenvalue weighted by molar-refractivity contribution is 0.149. The van der Waals surface area contributed by atoms with Crippen molar-refractivity contribution in [1.82, 2.24) is 14.7 Å². The second kappa shape index (κ2) is 5.62. The molecular formula is C12H19N3OS. The third-order valence-corrected chi connectivity index (χ3v) is 3.69. The summed E-state index contributed by atoms with van der Waals surface area (Å²) >= 11 is 1.70. The maximum absolute atomic E-state index is 5.30. The van der Waals surface area contributed by atoms with Crippen molar-refractivity contribution >= 4 is 16.3 Å². The fourth-order valence-corrected chi connectivity index (χ4v) is 2.80. The van der Waals surface area contributed by atoms with Crippen molar-refractivity contribution in [3.63, 3.8) is 0 Å². The van der Waals surface area contributed by atoms with Gasteiger partial charge in [0.25, 0.3) is 0 Å². The molecule has 0 radical (unpaired) electrons. The number of fused-ring (bicyclic) bond motifs is 1. The Balaban J connectivity index is 2.02. The van der Waals surface area contributed by atoms with Crippen LogP contribution in [-0.4, -0.2) is 29.1 Å². The van der Waals surface area contributed by atoms with E-state index >= 15 is 0 Å². The number of rotatable bonds is 6. The minimum Gasteiger partial charge on any atom is -0.380 e. The first-order valence-corrected chi connectivity index (χ1v) is 6.82. The molecule has 94 valence electrons. The molecule has 0 saturated heterocycles. The van der Waals surface area contributed by atoms with Crippen molar-refractivity contribution < 1.29 is 4.74 Å². The summed E-state index contributed by atoms with van der Waals surface area (Å²) in [5, 5.41) is 5.54. The van der Waals surface area contributed by atoms with Gasteiger partial charge in [0.1, 0.15) is 0 Å². The molecule has 0 aliphatic rings. The number of aromatic nitrogens is 2. The van der Waals surface area contributed by atoms with Crippen LogP contribution in [0.2, 0.25) is 0 Å². The molecule has 2 aromatic rings. The lowest BCUT2D eigenvalue weighted by Crippen LogP contribution is -2.20. The van der Waals surface area contributed by atoms with Gasteiger partial charge in [0.2, 0.25) is 0 Å². The number of hydrogen-bond acceptors (Lipinski definition) is 4. The molecule has 5 heteroatoms. The minimum absolute atomic E-state index is 0.764. The Morgan fingerprint density at radius 3 is 3.06 bits per heavy atom. The molecule has 0 aliphatic carbocycles. The van der Waals surface area contributed by atoms with E-state index in [0.29, 0.717) is 0 Å². The SMILES string of the molecule is CCOCCNCc1c(C)nc2scc(C)n12. The normalized spacial score (nSPS) is 11.5. The lowest BCUT2D eigenvalue weighted by Gasteiger charge is -2.06. The molecule has 0 spiro atoms. The van der Waals surface area contributed by atoms with Gasteiger partial charge in [0.15, 0.2) is 4.96 Å². The van der Waals surface area contributed by atoms with Crippen LogP contribution < -0.4 is 5.32 Å². The van der Waals surface area contributed by atoms with Gasteiger partial charge in [-0.1, -0.05) is 0 Å². The Hall–Kier alpha value is -0.910. The van der Waals surface area contributed by atoms with Crippen LogP contribution >= 0.6 is 11.3 Å². The van der Waals surface area contributed by atoms with Gasteiger partial charge in [-0.25, -0.2) is 4.98 Å². The molecule has 0 aromatic carbocycles. The first kappa shape index (κ1) is 12.5. The summed E-state index contributed by atoms with van der Waals surface area (Å²) in [5.41, 5.74) is 3.63. The van der Waals surface area contributed by atoms with Gasteiger partial charge in [-0.2, -0.15) is 0 Å². The first-order valence-electron chi connectivity index (χ1n) is 5.94. The Morgan fingerprint density at radius 2 is 2.29 bits per heavy atom. The minimum atomic E-state index is 0.764. The van der Waals surface area contributed by atoms with Crippen molar-refractivity contribution in [1.29, 1.82) is 0 Å². The molecule has 17 heavy (non-hydrogen) atoms. The Labute approximate surface area is 106 Å². The molecule has 0 fully saturated rings. The second-order valence-electron chi connectivity index (χ2n) is 4.01. The first-order chi connectivity index (χ1) is 8.24. The van der Waals surface area contributed by atoms with Crippen LogP contribution in [0.4, 0.5) is 0 Å². The molecule has 4 nitrogen and oxygen atoms in total.